The quantitative estimate of drug-likeness (QED) is 0.752. The first-order valence-electron chi connectivity index (χ1n) is 7.90. The van der Waals surface area contributed by atoms with E-state index in [0.29, 0.717) is 17.3 Å². The molecule has 0 atom stereocenters. The Labute approximate surface area is 156 Å². The molecule has 0 saturated carbocycles. The first-order chi connectivity index (χ1) is 11.5. The lowest BCUT2D eigenvalue weighted by molar-refractivity contribution is 0.0489. The van der Waals surface area contributed by atoms with Crippen LogP contribution in [-0.2, 0) is 14.8 Å². The highest BCUT2D eigenvalue weighted by Gasteiger charge is 2.32. The van der Waals surface area contributed by atoms with Gasteiger partial charge < -0.3 is 15.8 Å². The third-order valence-electron chi connectivity index (χ3n) is 3.64. The summed E-state index contributed by atoms with van der Waals surface area (Å²) in [6.07, 6.45) is 1.96. The zero-order chi connectivity index (χ0) is 18.8. The van der Waals surface area contributed by atoms with Gasteiger partial charge >= 0.3 is 6.09 Å². The summed E-state index contributed by atoms with van der Waals surface area (Å²) in [6, 6.07) is 1.32. The van der Waals surface area contributed by atoms with Crippen LogP contribution < -0.4 is 11.1 Å². The van der Waals surface area contributed by atoms with E-state index < -0.39 is 21.7 Å². The van der Waals surface area contributed by atoms with Gasteiger partial charge in [-0.3, -0.25) is 0 Å². The molecule has 0 unspecified atom stereocenters. The Morgan fingerprint density at radius 3 is 2.56 bits per heavy atom. The number of carbonyl (C=O) groups excluding carboxylic acids is 1. The van der Waals surface area contributed by atoms with E-state index in [2.05, 4.69) is 26.2 Å². The van der Waals surface area contributed by atoms with Crippen LogP contribution in [0.1, 0.15) is 33.6 Å². The summed E-state index contributed by atoms with van der Waals surface area (Å²) in [5.41, 5.74) is 5.15. The maximum Gasteiger partial charge on any atom is 0.407 e. The number of hydrogen-bond acceptors (Lipinski definition) is 6. The molecule has 1 aromatic rings. The summed E-state index contributed by atoms with van der Waals surface area (Å²) in [7, 11) is -3.72. The van der Waals surface area contributed by atoms with E-state index in [-0.39, 0.29) is 29.8 Å². The van der Waals surface area contributed by atoms with E-state index in [0.717, 1.165) is 0 Å². The second-order valence-corrected chi connectivity index (χ2v) is 9.68. The number of anilines is 1. The summed E-state index contributed by atoms with van der Waals surface area (Å²) in [6.45, 7) is 5.94. The maximum absolute atomic E-state index is 12.7. The van der Waals surface area contributed by atoms with Crippen molar-refractivity contribution in [3.05, 3.63) is 16.7 Å². The van der Waals surface area contributed by atoms with Crippen molar-refractivity contribution in [1.82, 2.24) is 14.6 Å². The van der Waals surface area contributed by atoms with Gasteiger partial charge in [0.05, 0.1) is 0 Å². The van der Waals surface area contributed by atoms with E-state index in [1.54, 1.807) is 20.8 Å². The number of pyridine rings is 1. The van der Waals surface area contributed by atoms with E-state index >= 15 is 0 Å². The van der Waals surface area contributed by atoms with Gasteiger partial charge in [-0.2, -0.15) is 4.31 Å². The highest BCUT2D eigenvalue weighted by atomic mass is 79.9. The smallest absolute Gasteiger partial charge is 0.407 e. The molecule has 1 aliphatic rings. The number of rotatable bonds is 3. The first-order valence-corrected chi connectivity index (χ1v) is 10.1. The van der Waals surface area contributed by atoms with Gasteiger partial charge in [0.15, 0.2) is 0 Å². The Balaban J connectivity index is 1.99. The topological polar surface area (TPSA) is 115 Å². The van der Waals surface area contributed by atoms with Gasteiger partial charge in [-0.05, 0) is 55.6 Å². The standard InChI is InChI=1S/C15H23BrN4O4S/c1-15(2,3)24-14(21)19-11-4-6-20(7-5-11)25(22,23)12-8-10(16)9-18-13(12)17/h8-9,11H,4-7H2,1-3H3,(H2,17,18)(H,19,21). The van der Waals surface area contributed by atoms with Crippen LogP contribution in [0.25, 0.3) is 0 Å². The summed E-state index contributed by atoms with van der Waals surface area (Å²) in [5, 5.41) is 2.78. The van der Waals surface area contributed by atoms with E-state index in [9.17, 15) is 13.2 Å². The normalized spacial score (nSPS) is 17.3. The molecule has 1 aliphatic heterocycles. The molecule has 1 saturated heterocycles. The lowest BCUT2D eigenvalue weighted by Gasteiger charge is -2.32. The van der Waals surface area contributed by atoms with Crippen molar-refractivity contribution in [3.8, 4) is 0 Å². The molecular weight excluding hydrogens is 412 g/mol. The number of nitrogens with one attached hydrogen (secondary N) is 1. The maximum atomic E-state index is 12.7. The molecule has 10 heteroatoms. The van der Waals surface area contributed by atoms with Crippen molar-refractivity contribution in [3.63, 3.8) is 0 Å². The number of nitrogens with zero attached hydrogens (tertiary/aromatic N) is 2. The van der Waals surface area contributed by atoms with Crippen molar-refractivity contribution in [2.45, 2.75) is 50.2 Å². The van der Waals surface area contributed by atoms with Crippen molar-refractivity contribution in [2.24, 2.45) is 0 Å². The molecule has 0 aliphatic carbocycles. The SMILES string of the molecule is CC(C)(C)OC(=O)NC1CCN(S(=O)(=O)c2cc(Br)cnc2N)CC1. The number of piperidine rings is 1. The predicted octanol–water partition coefficient (Wildman–Crippen LogP) is 2.10. The van der Waals surface area contributed by atoms with Crippen LogP contribution in [-0.4, -0.2) is 48.5 Å². The van der Waals surface area contributed by atoms with Crippen molar-refractivity contribution in [2.75, 3.05) is 18.8 Å². The van der Waals surface area contributed by atoms with Gasteiger partial charge in [-0.25, -0.2) is 18.2 Å². The zero-order valence-electron chi connectivity index (χ0n) is 14.5. The summed E-state index contributed by atoms with van der Waals surface area (Å²) in [5.74, 6) is -0.0304. The lowest BCUT2D eigenvalue weighted by atomic mass is 10.1. The number of carbonyl (C=O) groups is 1. The minimum absolute atomic E-state index is 0.0135. The highest BCUT2D eigenvalue weighted by molar-refractivity contribution is 9.10. The van der Waals surface area contributed by atoms with Crippen LogP contribution in [0.5, 0.6) is 0 Å². The van der Waals surface area contributed by atoms with Crippen LogP contribution in [0.4, 0.5) is 10.6 Å². The van der Waals surface area contributed by atoms with Gasteiger partial charge in [0.1, 0.15) is 16.3 Å². The van der Waals surface area contributed by atoms with Crippen LogP contribution in [0.2, 0.25) is 0 Å². The van der Waals surface area contributed by atoms with Crippen LogP contribution >= 0.6 is 15.9 Å². The molecule has 1 aromatic heterocycles. The Bertz CT molecular complexity index is 740. The Morgan fingerprint density at radius 2 is 2.00 bits per heavy atom. The third kappa shape index (κ3) is 5.29. The van der Waals surface area contributed by atoms with E-state index in [1.807, 2.05) is 0 Å². The summed E-state index contributed by atoms with van der Waals surface area (Å²) >= 11 is 3.21. The molecule has 2 heterocycles. The average Bonchev–Trinajstić information content (AvgIpc) is 2.48. The Morgan fingerprint density at radius 1 is 1.40 bits per heavy atom. The molecule has 140 valence electrons. The van der Waals surface area contributed by atoms with Crippen LogP contribution in [0, 0.1) is 0 Å². The second-order valence-electron chi connectivity index (χ2n) is 6.86. The lowest BCUT2D eigenvalue weighted by Crippen LogP contribution is -2.47. The van der Waals surface area contributed by atoms with Crippen molar-refractivity contribution in [1.29, 1.82) is 0 Å². The molecular formula is C15H23BrN4O4S. The predicted molar refractivity (Wildman–Crippen MR) is 97.5 cm³/mol. The number of halogens is 1. The van der Waals surface area contributed by atoms with E-state index in [1.165, 1.54) is 16.6 Å². The van der Waals surface area contributed by atoms with Gasteiger partial charge in [0.2, 0.25) is 10.0 Å². The van der Waals surface area contributed by atoms with Crippen LogP contribution in [0.15, 0.2) is 21.6 Å². The van der Waals surface area contributed by atoms with Crippen molar-refractivity contribution < 1.29 is 17.9 Å². The van der Waals surface area contributed by atoms with Gasteiger partial charge in [-0.15, -0.1) is 0 Å². The molecule has 8 nitrogen and oxygen atoms in total. The summed E-state index contributed by atoms with van der Waals surface area (Å²) in [4.78, 5) is 15.7. The number of ether oxygens (including phenoxy) is 1. The Hall–Kier alpha value is -1.39. The number of sulfonamides is 1. The fraction of sp³-hybridized carbons (Fsp3) is 0.600. The molecule has 1 fully saturated rings. The number of nitrogens with two attached hydrogens (primary N) is 1. The number of alkyl carbamates (subject to hydrolysis) is 1. The number of hydrogen-bond donors (Lipinski definition) is 2. The molecule has 3 N–H and O–H groups in total. The van der Waals surface area contributed by atoms with Gasteiger partial charge in [-0.1, -0.05) is 0 Å². The first kappa shape index (κ1) is 19.9. The minimum atomic E-state index is -3.72. The average molecular weight is 435 g/mol. The molecule has 0 radical (unpaired) electrons. The van der Waals surface area contributed by atoms with Gasteiger partial charge in [0, 0.05) is 29.8 Å². The molecule has 1 amide bonds. The van der Waals surface area contributed by atoms with Crippen LogP contribution in [0.3, 0.4) is 0 Å². The molecule has 25 heavy (non-hydrogen) atoms. The number of amides is 1. The van der Waals surface area contributed by atoms with Gasteiger partial charge in [0.25, 0.3) is 0 Å². The second kappa shape index (κ2) is 7.46. The van der Waals surface area contributed by atoms with E-state index in [4.69, 9.17) is 10.5 Å². The number of nitrogen functional groups attached to an aromatic ring is 1. The number of aromatic nitrogens is 1. The Kier molecular flexibility index (Phi) is 5.95. The molecule has 0 aromatic carbocycles. The monoisotopic (exact) mass is 434 g/mol. The highest BCUT2D eigenvalue weighted by Crippen LogP contribution is 2.26. The zero-order valence-corrected chi connectivity index (χ0v) is 16.9. The molecule has 0 spiro atoms. The summed E-state index contributed by atoms with van der Waals surface area (Å²) < 4.78 is 32.6. The minimum Gasteiger partial charge on any atom is -0.444 e. The van der Waals surface area contributed by atoms with Crippen molar-refractivity contribution >= 4 is 37.9 Å². The molecule has 0 bridgehead atoms. The largest absolute Gasteiger partial charge is 0.444 e. The molecule has 2 rings (SSSR count). The third-order valence-corrected chi connectivity index (χ3v) is 6.00. The fourth-order valence-electron chi connectivity index (χ4n) is 2.49. The fourth-order valence-corrected chi connectivity index (χ4v) is 4.54.